The molecule has 1 saturated heterocycles. The molecule has 0 aromatic carbocycles. The Hall–Kier alpha value is -1.06. The van der Waals surface area contributed by atoms with E-state index in [1.165, 1.54) is 32.1 Å². The van der Waals surface area contributed by atoms with Crippen LogP contribution in [0, 0.1) is 11.8 Å². The van der Waals surface area contributed by atoms with E-state index in [0.29, 0.717) is 5.92 Å². The lowest BCUT2D eigenvalue weighted by atomic mass is 9.81. The molecule has 20 heavy (non-hydrogen) atoms. The van der Waals surface area contributed by atoms with Gasteiger partial charge in [0, 0.05) is 6.54 Å². The number of carbonyl (C=O) groups excluding carboxylic acids is 2. The molecular formula is C16H26N2O2. The molecule has 0 radical (unpaired) electrons. The smallest absolute Gasteiger partial charge is 0.245 e. The van der Waals surface area contributed by atoms with Crippen molar-refractivity contribution >= 4 is 11.8 Å². The quantitative estimate of drug-likeness (QED) is 0.856. The zero-order valence-electron chi connectivity index (χ0n) is 12.4. The molecule has 0 spiro atoms. The van der Waals surface area contributed by atoms with Gasteiger partial charge in [-0.25, -0.2) is 0 Å². The highest BCUT2D eigenvalue weighted by molar-refractivity contribution is 5.96. The topological polar surface area (TPSA) is 49.4 Å². The minimum absolute atomic E-state index is 0.0831. The van der Waals surface area contributed by atoms with Gasteiger partial charge in [0.2, 0.25) is 11.8 Å². The molecule has 0 aromatic heterocycles. The molecule has 3 rings (SSSR count). The second kappa shape index (κ2) is 5.74. The van der Waals surface area contributed by atoms with E-state index in [0.717, 1.165) is 31.7 Å². The number of nitrogens with zero attached hydrogens (tertiary/aromatic N) is 1. The number of hydrogen-bond donors (Lipinski definition) is 1. The summed E-state index contributed by atoms with van der Waals surface area (Å²) < 4.78 is 0. The number of piperazine rings is 1. The summed E-state index contributed by atoms with van der Waals surface area (Å²) in [6, 6.07) is -0.542. The first-order valence-electron chi connectivity index (χ1n) is 8.27. The molecule has 112 valence electrons. The van der Waals surface area contributed by atoms with Gasteiger partial charge in [-0.2, -0.15) is 0 Å². The Kier molecular flexibility index (Phi) is 3.99. The first-order valence-corrected chi connectivity index (χ1v) is 8.27. The van der Waals surface area contributed by atoms with Crippen molar-refractivity contribution in [3.05, 3.63) is 0 Å². The van der Waals surface area contributed by atoms with Crippen LogP contribution in [-0.2, 0) is 9.59 Å². The van der Waals surface area contributed by atoms with Crippen LogP contribution in [0.5, 0.6) is 0 Å². The average Bonchev–Trinajstić information content (AvgIpc) is 3.26. The van der Waals surface area contributed by atoms with Crippen molar-refractivity contribution in [1.82, 2.24) is 10.2 Å². The fraction of sp³-hybridized carbons (Fsp3) is 0.875. The molecular weight excluding hydrogens is 252 g/mol. The minimum Gasteiger partial charge on any atom is -0.343 e. The van der Waals surface area contributed by atoms with E-state index in [1.807, 2.05) is 4.90 Å². The van der Waals surface area contributed by atoms with Crippen LogP contribution in [0.25, 0.3) is 0 Å². The number of amides is 2. The lowest BCUT2D eigenvalue weighted by Crippen LogP contribution is -2.64. The van der Waals surface area contributed by atoms with E-state index in [9.17, 15) is 9.59 Å². The minimum atomic E-state index is -0.346. The van der Waals surface area contributed by atoms with Gasteiger partial charge < -0.3 is 10.2 Å². The molecule has 0 aromatic rings. The van der Waals surface area contributed by atoms with Crippen molar-refractivity contribution in [2.45, 2.75) is 70.4 Å². The van der Waals surface area contributed by atoms with Gasteiger partial charge in [-0.15, -0.1) is 0 Å². The maximum atomic E-state index is 12.5. The maximum absolute atomic E-state index is 12.5. The third-order valence-corrected chi connectivity index (χ3v) is 5.19. The molecule has 2 saturated carbocycles. The molecule has 2 amide bonds. The monoisotopic (exact) mass is 278 g/mol. The normalized spacial score (nSPS) is 32.4. The van der Waals surface area contributed by atoms with E-state index < -0.39 is 0 Å². The Morgan fingerprint density at radius 1 is 1.10 bits per heavy atom. The van der Waals surface area contributed by atoms with Crippen LogP contribution in [0.15, 0.2) is 0 Å². The van der Waals surface area contributed by atoms with Crippen LogP contribution >= 0.6 is 0 Å². The first-order chi connectivity index (χ1) is 9.66. The van der Waals surface area contributed by atoms with E-state index in [2.05, 4.69) is 5.32 Å². The first kappa shape index (κ1) is 13.9. The summed E-state index contributed by atoms with van der Waals surface area (Å²) >= 11 is 0. The predicted molar refractivity (Wildman–Crippen MR) is 77.0 cm³/mol. The van der Waals surface area contributed by atoms with Crippen LogP contribution in [0.2, 0.25) is 0 Å². The standard InChI is InChI=1S/C16H26N2O2/c1-11-16(20)18(10-9-12-7-8-12)14(15(19)17-11)13-5-3-2-4-6-13/h11-14H,2-10H2,1H3,(H,17,19). The van der Waals surface area contributed by atoms with Crippen molar-refractivity contribution < 1.29 is 9.59 Å². The predicted octanol–water partition coefficient (Wildman–Crippen LogP) is 2.08. The Bertz CT molecular complexity index is 386. The third-order valence-electron chi connectivity index (χ3n) is 5.19. The fourth-order valence-corrected chi connectivity index (χ4v) is 3.78. The Labute approximate surface area is 121 Å². The van der Waals surface area contributed by atoms with E-state index in [-0.39, 0.29) is 23.9 Å². The average molecular weight is 278 g/mol. The van der Waals surface area contributed by atoms with E-state index in [4.69, 9.17) is 0 Å². The molecule has 1 heterocycles. The van der Waals surface area contributed by atoms with Gasteiger partial charge in [0.05, 0.1) is 0 Å². The lowest BCUT2D eigenvalue weighted by molar-refractivity contribution is -0.151. The van der Waals surface area contributed by atoms with Gasteiger partial charge in [-0.05, 0) is 38.0 Å². The largest absolute Gasteiger partial charge is 0.343 e. The van der Waals surface area contributed by atoms with Crippen molar-refractivity contribution in [3.8, 4) is 0 Å². The fourth-order valence-electron chi connectivity index (χ4n) is 3.78. The third kappa shape index (κ3) is 2.84. The molecule has 0 bridgehead atoms. The van der Waals surface area contributed by atoms with Crippen molar-refractivity contribution in [2.24, 2.45) is 11.8 Å². The summed E-state index contributed by atoms with van der Waals surface area (Å²) in [4.78, 5) is 26.8. The zero-order chi connectivity index (χ0) is 14.1. The summed E-state index contributed by atoms with van der Waals surface area (Å²) in [5.74, 6) is 1.38. The van der Waals surface area contributed by atoms with E-state index in [1.54, 1.807) is 6.92 Å². The van der Waals surface area contributed by atoms with Crippen LogP contribution in [0.1, 0.15) is 58.3 Å². The highest BCUT2D eigenvalue weighted by Gasteiger charge is 2.43. The SMILES string of the molecule is CC1NC(=O)C(C2CCCCC2)N(CCC2CC2)C1=O. The number of rotatable bonds is 4. The van der Waals surface area contributed by atoms with Crippen LogP contribution in [0.3, 0.4) is 0 Å². The number of carbonyl (C=O) groups is 2. The van der Waals surface area contributed by atoms with Gasteiger partial charge in [-0.1, -0.05) is 32.1 Å². The second-order valence-corrected chi connectivity index (χ2v) is 6.84. The molecule has 4 heteroatoms. The van der Waals surface area contributed by atoms with Crippen LogP contribution in [0.4, 0.5) is 0 Å². The summed E-state index contributed by atoms with van der Waals surface area (Å²) in [7, 11) is 0. The second-order valence-electron chi connectivity index (χ2n) is 6.84. The van der Waals surface area contributed by atoms with Crippen molar-refractivity contribution in [1.29, 1.82) is 0 Å². The summed E-state index contributed by atoms with van der Waals surface area (Å²) in [6.45, 7) is 2.59. The molecule has 1 aliphatic heterocycles. The van der Waals surface area contributed by atoms with Crippen LogP contribution < -0.4 is 5.32 Å². The number of hydrogen-bond acceptors (Lipinski definition) is 2. The molecule has 2 aliphatic carbocycles. The Morgan fingerprint density at radius 3 is 2.45 bits per heavy atom. The molecule has 3 fully saturated rings. The van der Waals surface area contributed by atoms with Gasteiger partial charge >= 0.3 is 0 Å². The Balaban J connectivity index is 1.73. The van der Waals surface area contributed by atoms with Gasteiger partial charge in [0.25, 0.3) is 0 Å². The van der Waals surface area contributed by atoms with Gasteiger partial charge in [0.1, 0.15) is 12.1 Å². The highest BCUT2D eigenvalue weighted by Crippen LogP contribution is 2.35. The Morgan fingerprint density at radius 2 is 1.80 bits per heavy atom. The molecule has 1 N–H and O–H groups in total. The van der Waals surface area contributed by atoms with E-state index >= 15 is 0 Å². The number of nitrogens with one attached hydrogen (secondary N) is 1. The molecule has 2 atom stereocenters. The van der Waals surface area contributed by atoms with Gasteiger partial charge in [-0.3, -0.25) is 9.59 Å². The maximum Gasteiger partial charge on any atom is 0.245 e. The molecule has 2 unspecified atom stereocenters. The summed E-state index contributed by atoms with van der Waals surface area (Å²) in [6.07, 6.45) is 9.56. The van der Waals surface area contributed by atoms with Gasteiger partial charge in [0.15, 0.2) is 0 Å². The zero-order valence-corrected chi connectivity index (χ0v) is 12.4. The lowest BCUT2D eigenvalue weighted by Gasteiger charge is -2.42. The van der Waals surface area contributed by atoms with Crippen molar-refractivity contribution in [3.63, 3.8) is 0 Å². The molecule has 3 aliphatic rings. The highest BCUT2D eigenvalue weighted by atomic mass is 16.2. The summed E-state index contributed by atoms with van der Waals surface area (Å²) in [5.41, 5.74) is 0. The van der Waals surface area contributed by atoms with Crippen molar-refractivity contribution in [2.75, 3.05) is 6.54 Å². The summed E-state index contributed by atoms with van der Waals surface area (Å²) in [5, 5.41) is 2.88. The van der Waals surface area contributed by atoms with Crippen LogP contribution in [-0.4, -0.2) is 35.3 Å². The molecule has 4 nitrogen and oxygen atoms in total.